The molecule has 4 nitrogen and oxygen atoms in total. The van der Waals surface area contributed by atoms with Crippen LogP contribution < -0.4 is 0 Å². The first-order valence-corrected chi connectivity index (χ1v) is 4.21. The van der Waals surface area contributed by atoms with Crippen molar-refractivity contribution < 1.29 is 9.90 Å². The lowest BCUT2D eigenvalue weighted by atomic mass is 10.3. The first-order valence-electron chi connectivity index (χ1n) is 4.21. The SMILES string of the molecule is C=CCc1cc(C(=O)O)n(CC=C)n1. The van der Waals surface area contributed by atoms with E-state index in [9.17, 15) is 4.79 Å². The van der Waals surface area contributed by atoms with Crippen molar-refractivity contribution >= 4 is 5.97 Å². The van der Waals surface area contributed by atoms with Gasteiger partial charge in [0.1, 0.15) is 5.69 Å². The van der Waals surface area contributed by atoms with E-state index in [0.29, 0.717) is 18.7 Å². The Morgan fingerprint density at radius 1 is 1.57 bits per heavy atom. The highest BCUT2D eigenvalue weighted by atomic mass is 16.4. The van der Waals surface area contributed by atoms with Crippen molar-refractivity contribution in [3.05, 3.63) is 42.8 Å². The fourth-order valence-corrected chi connectivity index (χ4v) is 1.15. The quantitative estimate of drug-likeness (QED) is 0.719. The molecule has 4 heteroatoms. The molecule has 0 radical (unpaired) electrons. The lowest BCUT2D eigenvalue weighted by Gasteiger charge is -1.98. The second-order valence-corrected chi connectivity index (χ2v) is 2.79. The van der Waals surface area contributed by atoms with E-state index in [1.807, 2.05) is 0 Å². The zero-order valence-electron chi connectivity index (χ0n) is 7.81. The van der Waals surface area contributed by atoms with Crippen molar-refractivity contribution in [1.29, 1.82) is 0 Å². The summed E-state index contributed by atoms with van der Waals surface area (Å²) in [5.74, 6) is -0.977. The fraction of sp³-hybridized carbons (Fsp3) is 0.200. The number of allylic oxidation sites excluding steroid dienone is 2. The van der Waals surface area contributed by atoms with Crippen LogP contribution in [0.5, 0.6) is 0 Å². The molecule has 1 rings (SSSR count). The molecule has 74 valence electrons. The Morgan fingerprint density at radius 3 is 2.79 bits per heavy atom. The van der Waals surface area contributed by atoms with Crippen molar-refractivity contribution in [2.24, 2.45) is 0 Å². The average molecular weight is 192 g/mol. The zero-order chi connectivity index (χ0) is 10.6. The molecule has 1 N–H and O–H groups in total. The van der Waals surface area contributed by atoms with Crippen LogP contribution in [0.25, 0.3) is 0 Å². The summed E-state index contributed by atoms with van der Waals surface area (Å²) in [5, 5.41) is 13.0. The highest BCUT2D eigenvalue weighted by Crippen LogP contribution is 2.06. The summed E-state index contributed by atoms with van der Waals surface area (Å²) < 4.78 is 1.41. The van der Waals surface area contributed by atoms with Crippen molar-refractivity contribution in [2.45, 2.75) is 13.0 Å². The number of hydrogen-bond acceptors (Lipinski definition) is 2. The van der Waals surface area contributed by atoms with Crippen LogP contribution in [0.2, 0.25) is 0 Å². The molecular weight excluding hydrogens is 180 g/mol. The minimum absolute atomic E-state index is 0.182. The van der Waals surface area contributed by atoms with Crippen molar-refractivity contribution in [2.75, 3.05) is 0 Å². The van der Waals surface area contributed by atoms with Gasteiger partial charge in [-0.1, -0.05) is 12.2 Å². The monoisotopic (exact) mass is 192 g/mol. The molecule has 0 atom stereocenters. The van der Waals surface area contributed by atoms with E-state index in [0.717, 1.165) is 0 Å². The van der Waals surface area contributed by atoms with Crippen LogP contribution >= 0.6 is 0 Å². The van der Waals surface area contributed by atoms with Crippen molar-refractivity contribution in [1.82, 2.24) is 9.78 Å². The Hall–Kier alpha value is -1.84. The number of aromatic nitrogens is 2. The largest absolute Gasteiger partial charge is 0.477 e. The molecule has 0 aliphatic rings. The molecule has 0 bridgehead atoms. The number of carboxylic acids is 1. The Balaban J connectivity index is 3.04. The molecular formula is C10H12N2O2. The van der Waals surface area contributed by atoms with Gasteiger partial charge in [0.2, 0.25) is 0 Å². The highest BCUT2D eigenvalue weighted by molar-refractivity contribution is 5.85. The van der Waals surface area contributed by atoms with E-state index in [-0.39, 0.29) is 5.69 Å². The Morgan fingerprint density at radius 2 is 2.29 bits per heavy atom. The first kappa shape index (κ1) is 10.2. The Labute approximate surface area is 82.2 Å². The van der Waals surface area contributed by atoms with E-state index in [1.165, 1.54) is 4.68 Å². The van der Waals surface area contributed by atoms with E-state index < -0.39 is 5.97 Å². The lowest BCUT2D eigenvalue weighted by Crippen LogP contribution is -2.08. The van der Waals surface area contributed by atoms with E-state index in [4.69, 9.17) is 5.11 Å². The number of carbonyl (C=O) groups is 1. The van der Waals surface area contributed by atoms with Crippen LogP contribution in [0.4, 0.5) is 0 Å². The smallest absolute Gasteiger partial charge is 0.354 e. The third-order valence-electron chi connectivity index (χ3n) is 1.71. The van der Waals surface area contributed by atoms with Crippen LogP contribution in [-0.4, -0.2) is 20.9 Å². The van der Waals surface area contributed by atoms with Gasteiger partial charge in [-0.3, -0.25) is 4.68 Å². The van der Waals surface area contributed by atoms with Gasteiger partial charge in [-0.25, -0.2) is 4.79 Å². The molecule has 0 amide bonds. The van der Waals surface area contributed by atoms with Gasteiger partial charge in [-0.2, -0.15) is 5.10 Å². The van der Waals surface area contributed by atoms with Gasteiger partial charge in [0.15, 0.2) is 0 Å². The summed E-state index contributed by atoms with van der Waals surface area (Å²) in [7, 11) is 0. The molecule has 0 unspecified atom stereocenters. The highest BCUT2D eigenvalue weighted by Gasteiger charge is 2.12. The van der Waals surface area contributed by atoms with E-state index >= 15 is 0 Å². The van der Waals surface area contributed by atoms with E-state index in [1.54, 1.807) is 18.2 Å². The Kier molecular flexibility index (Phi) is 3.23. The van der Waals surface area contributed by atoms with Gasteiger partial charge in [0.25, 0.3) is 0 Å². The molecule has 14 heavy (non-hydrogen) atoms. The minimum Gasteiger partial charge on any atom is -0.477 e. The summed E-state index contributed by atoms with van der Waals surface area (Å²) in [4.78, 5) is 10.8. The van der Waals surface area contributed by atoms with Crippen LogP contribution in [0.1, 0.15) is 16.2 Å². The van der Waals surface area contributed by atoms with Gasteiger partial charge in [0, 0.05) is 6.42 Å². The predicted octanol–water partition coefficient (Wildman–Crippen LogP) is 1.50. The average Bonchev–Trinajstić information content (AvgIpc) is 2.49. The molecule has 0 saturated heterocycles. The number of nitrogens with zero attached hydrogens (tertiary/aromatic N) is 2. The molecule has 1 aromatic heterocycles. The summed E-state index contributed by atoms with van der Waals surface area (Å²) in [6, 6.07) is 1.55. The fourth-order valence-electron chi connectivity index (χ4n) is 1.15. The van der Waals surface area contributed by atoms with Crippen molar-refractivity contribution in [3.8, 4) is 0 Å². The van der Waals surface area contributed by atoms with Gasteiger partial charge >= 0.3 is 5.97 Å². The molecule has 1 heterocycles. The van der Waals surface area contributed by atoms with Crippen LogP contribution in [0.3, 0.4) is 0 Å². The predicted molar refractivity (Wildman–Crippen MR) is 53.3 cm³/mol. The molecule has 0 aliphatic heterocycles. The maximum atomic E-state index is 10.8. The van der Waals surface area contributed by atoms with Crippen LogP contribution in [0.15, 0.2) is 31.4 Å². The normalized spacial score (nSPS) is 9.71. The second kappa shape index (κ2) is 4.41. The maximum absolute atomic E-state index is 10.8. The van der Waals surface area contributed by atoms with Crippen LogP contribution in [0, 0.1) is 0 Å². The van der Waals surface area contributed by atoms with Gasteiger partial charge in [0.05, 0.1) is 12.2 Å². The second-order valence-electron chi connectivity index (χ2n) is 2.79. The molecule has 0 fully saturated rings. The van der Waals surface area contributed by atoms with Gasteiger partial charge < -0.3 is 5.11 Å². The molecule has 1 aromatic rings. The minimum atomic E-state index is -0.977. The molecule has 0 aliphatic carbocycles. The first-order chi connectivity index (χ1) is 6.69. The topological polar surface area (TPSA) is 55.1 Å². The third-order valence-corrected chi connectivity index (χ3v) is 1.71. The van der Waals surface area contributed by atoms with Gasteiger partial charge in [-0.15, -0.1) is 13.2 Å². The standard InChI is InChI=1S/C10H12N2O2/c1-3-5-8-7-9(10(13)14)12(11-8)6-4-2/h3-4,7H,1-2,5-6H2,(H,13,14). The number of rotatable bonds is 5. The summed E-state index contributed by atoms with van der Waals surface area (Å²) in [5.41, 5.74) is 0.890. The molecule has 0 saturated carbocycles. The van der Waals surface area contributed by atoms with Crippen LogP contribution in [-0.2, 0) is 13.0 Å². The summed E-state index contributed by atoms with van der Waals surface area (Å²) in [6.45, 7) is 7.51. The molecule has 0 aromatic carbocycles. The maximum Gasteiger partial charge on any atom is 0.354 e. The molecule has 0 spiro atoms. The lowest BCUT2D eigenvalue weighted by molar-refractivity contribution is 0.0684. The number of hydrogen-bond donors (Lipinski definition) is 1. The zero-order valence-corrected chi connectivity index (χ0v) is 7.81. The summed E-state index contributed by atoms with van der Waals surface area (Å²) >= 11 is 0. The van der Waals surface area contributed by atoms with E-state index in [2.05, 4.69) is 18.3 Å². The Bertz CT molecular complexity index is 366. The van der Waals surface area contributed by atoms with Gasteiger partial charge in [-0.05, 0) is 6.07 Å². The summed E-state index contributed by atoms with van der Waals surface area (Å²) in [6.07, 6.45) is 3.87. The van der Waals surface area contributed by atoms with Crippen molar-refractivity contribution in [3.63, 3.8) is 0 Å². The number of aromatic carboxylic acids is 1. The number of carboxylic acid groups (broad SMARTS) is 1. The third kappa shape index (κ3) is 2.10.